The molecule has 0 radical (unpaired) electrons. The molecular weight excluding hydrogens is 501 g/mol. The Kier molecular flexibility index (Phi) is 10.0. The van der Waals surface area contributed by atoms with Gasteiger partial charge in [0.15, 0.2) is 12.4 Å². The number of benzene rings is 2. The van der Waals surface area contributed by atoms with E-state index in [1.54, 1.807) is 36.1 Å². The first-order valence-electron chi connectivity index (χ1n) is 12.2. The predicted molar refractivity (Wildman–Crippen MR) is 138 cm³/mol. The molecule has 1 heterocycles. The fourth-order valence-electron chi connectivity index (χ4n) is 4.34. The van der Waals surface area contributed by atoms with Gasteiger partial charge in [0.25, 0.3) is 5.91 Å². The van der Waals surface area contributed by atoms with Gasteiger partial charge in [-0.3, -0.25) is 19.3 Å². The van der Waals surface area contributed by atoms with Crippen molar-refractivity contribution in [2.45, 2.75) is 51.9 Å². The number of piperazine rings is 1. The first kappa shape index (κ1) is 28.6. The van der Waals surface area contributed by atoms with E-state index in [4.69, 9.17) is 26.8 Å². The van der Waals surface area contributed by atoms with Gasteiger partial charge in [0.1, 0.15) is 18.0 Å². The van der Waals surface area contributed by atoms with Crippen LogP contribution in [-0.2, 0) is 25.7 Å². The molecule has 1 amide bonds. The van der Waals surface area contributed by atoms with Crippen molar-refractivity contribution in [1.29, 1.82) is 0 Å². The Morgan fingerprint density at radius 1 is 1.11 bits per heavy atom. The fourth-order valence-corrected chi connectivity index (χ4v) is 4.52. The van der Waals surface area contributed by atoms with Gasteiger partial charge >= 0.3 is 5.97 Å². The van der Waals surface area contributed by atoms with Crippen LogP contribution in [0, 0.1) is 5.82 Å². The first-order valence-corrected chi connectivity index (χ1v) is 12.6. The largest absolute Gasteiger partial charge is 0.483 e. The predicted octanol–water partition coefficient (Wildman–Crippen LogP) is 3.50. The average molecular weight is 534 g/mol. The minimum absolute atomic E-state index is 0.0640. The summed E-state index contributed by atoms with van der Waals surface area (Å²) < 4.78 is 23.9. The number of nitrogens with zero attached hydrogens (tertiary/aromatic N) is 2. The lowest BCUT2D eigenvalue weighted by Gasteiger charge is -2.44. The van der Waals surface area contributed by atoms with Gasteiger partial charge in [0, 0.05) is 42.3 Å². The zero-order valence-electron chi connectivity index (χ0n) is 21.3. The maximum atomic E-state index is 13.2. The van der Waals surface area contributed by atoms with Crippen LogP contribution in [0.25, 0.3) is 0 Å². The van der Waals surface area contributed by atoms with Crippen LogP contribution in [0.4, 0.5) is 4.39 Å². The third-order valence-corrected chi connectivity index (χ3v) is 6.60. The zero-order valence-corrected chi connectivity index (χ0v) is 22.0. The number of hydrogen-bond donors (Lipinski definition) is 1. The number of hydrogen-bond acceptors (Lipinski definition) is 7. The Hall–Kier alpha value is -3.01. The molecule has 0 saturated carbocycles. The SMILES string of the molecule is CCOC(=O)CC(=O)C(N)c1cc(Cl)ccc1OCC(=O)N1CC(C)N(Cc2ccc(F)cc2)CC1C. The van der Waals surface area contributed by atoms with Crippen LogP contribution >= 0.6 is 11.6 Å². The standard InChI is InChI=1S/C27H33ClFN3O5/c1-4-36-26(35)12-23(33)27(30)22-11-20(28)7-10-24(22)37-16-25(34)32-14-17(2)31(13-18(32)3)15-19-5-8-21(29)9-6-19/h5-11,17-18,27H,4,12-16,30H2,1-3H3. The Balaban J connectivity index is 1.62. The Morgan fingerprint density at radius 3 is 2.49 bits per heavy atom. The van der Waals surface area contributed by atoms with Crippen molar-refractivity contribution in [3.05, 3.63) is 64.4 Å². The van der Waals surface area contributed by atoms with Crippen LogP contribution in [0.5, 0.6) is 5.75 Å². The Morgan fingerprint density at radius 2 is 1.81 bits per heavy atom. The lowest BCUT2D eigenvalue weighted by molar-refractivity contribution is -0.145. The summed E-state index contributed by atoms with van der Waals surface area (Å²) in [7, 11) is 0. The summed E-state index contributed by atoms with van der Waals surface area (Å²) in [6.07, 6.45) is -0.475. The summed E-state index contributed by atoms with van der Waals surface area (Å²) in [6.45, 7) is 7.40. The van der Waals surface area contributed by atoms with Gasteiger partial charge in [0.05, 0.1) is 12.6 Å². The molecule has 200 valence electrons. The molecule has 1 aliphatic rings. The maximum absolute atomic E-state index is 13.2. The van der Waals surface area contributed by atoms with E-state index in [0.717, 1.165) is 5.56 Å². The van der Waals surface area contributed by atoms with Gasteiger partial charge in [-0.25, -0.2) is 4.39 Å². The lowest BCUT2D eigenvalue weighted by Crippen LogP contribution is -2.58. The second kappa shape index (κ2) is 13.0. The van der Waals surface area contributed by atoms with Crippen LogP contribution in [0.3, 0.4) is 0 Å². The monoisotopic (exact) mass is 533 g/mol. The van der Waals surface area contributed by atoms with Gasteiger partial charge in [-0.05, 0) is 56.7 Å². The van der Waals surface area contributed by atoms with Crippen molar-refractivity contribution >= 4 is 29.3 Å². The van der Waals surface area contributed by atoms with Gasteiger partial charge in [-0.1, -0.05) is 23.7 Å². The number of carbonyl (C=O) groups is 3. The summed E-state index contributed by atoms with van der Waals surface area (Å²) in [5.41, 5.74) is 7.41. The molecule has 0 aromatic heterocycles. The molecule has 8 nitrogen and oxygen atoms in total. The van der Waals surface area contributed by atoms with Crippen LogP contribution in [-0.4, -0.2) is 65.8 Å². The van der Waals surface area contributed by atoms with E-state index < -0.39 is 24.2 Å². The number of esters is 1. The van der Waals surface area contributed by atoms with Crippen molar-refractivity contribution in [2.75, 3.05) is 26.3 Å². The summed E-state index contributed by atoms with van der Waals surface area (Å²) in [5.74, 6) is -1.43. The van der Waals surface area contributed by atoms with Crippen LogP contribution < -0.4 is 10.5 Å². The van der Waals surface area contributed by atoms with E-state index in [0.29, 0.717) is 30.2 Å². The molecular formula is C27H33ClFN3O5. The van der Waals surface area contributed by atoms with E-state index in [9.17, 15) is 18.8 Å². The summed E-state index contributed by atoms with van der Waals surface area (Å²) in [5, 5.41) is 0.341. The average Bonchev–Trinajstić information content (AvgIpc) is 2.86. The molecule has 0 aliphatic carbocycles. The number of Topliss-reactive ketones (excluding diaryl/α,β-unsaturated/α-hetero) is 1. The molecule has 3 atom stereocenters. The summed E-state index contributed by atoms with van der Waals surface area (Å²) >= 11 is 6.11. The molecule has 1 aliphatic heterocycles. The third kappa shape index (κ3) is 7.74. The molecule has 37 heavy (non-hydrogen) atoms. The van der Waals surface area contributed by atoms with Crippen LogP contribution in [0.1, 0.15) is 44.4 Å². The highest BCUT2D eigenvalue weighted by atomic mass is 35.5. The zero-order chi connectivity index (χ0) is 27.1. The Labute approximate surface area is 221 Å². The fraction of sp³-hybridized carbons (Fsp3) is 0.444. The lowest BCUT2D eigenvalue weighted by atomic mass is 10.0. The van der Waals surface area contributed by atoms with Gasteiger partial charge < -0.3 is 20.1 Å². The number of ether oxygens (including phenoxy) is 2. The maximum Gasteiger partial charge on any atom is 0.313 e. The highest BCUT2D eigenvalue weighted by molar-refractivity contribution is 6.30. The topological polar surface area (TPSA) is 102 Å². The van der Waals surface area contributed by atoms with Crippen molar-refractivity contribution < 1.29 is 28.2 Å². The molecule has 2 aromatic rings. The highest BCUT2D eigenvalue weighted by Gasteiger charge is 2.32. The molecule has 2 aromatic carbocycles. The van der Waals surface area contributed by atoms with Gasteiger partial charge in [0.2, 0.25) is 0 Å². The van der Waals surface area contributed by atoms with Gasteiger partial charge in [-0.15, -0.1) is 0 Å². The van der Waals surface area contributed by atoms with E-state index in [-0.39, 0.29) is 42.8 Å². The number of rotatable bonds is 10. The second-order valence-electron chi connectivity index (χ2n) is 9.20. The minimum Gasteiger partial charge on any atom is -0.483 e. The summed E-state index contributed by atoms with van der Waals surface area (Å²) in [6, 6.07) is 9.91. The molecule has 0 bridgehead atoms. The normalized spacial score (nSPS) is 18.8. The molecule has 3 unspecified atom stereocenters. The minimum atomic E-state index is -1.16. The van der Waals surface area contributed by atoms with Crippen LogP contribution in [0.15, 0.2) is 42.5 Å². The number of nitrogens with two attached hydrogens (primary N) is 1. The van der Waals surface area contributed by atoms with E-state index >= 15 is 0 Å². The molecule has 1 saturated heterocycles. The molecule has 3 rings (SSSR count). The molecule has 10 heteroatoms. The number of amides is 1. The smallest absolute Gasteiger partial charge is 0.313 e. The van der Waals surface area contributed by atoms with E-state index in [1.165, 1.54) is 18.2 Å². The van der Waals surface area contributed by atoms with Crippen molar-refractivity contribution in [1.82, 2.24) is 9.80 Å². The van der Waals surface area contributed by atoms with Crippen molar-refractivity contribution in [2.24, 2.45) is 5.73 Å². The second-order valence-corrected chi connectivity index (χ2v) is 9.63. The van der Waals surface area contributed by atoms with Crippen LogP contribution in [0.2, 0.25) is 5.02 Å². The number of ketones is 1. The highest BCUT2D eigenvalue weighted by Crippen LogP contribution is 2.29. The Bertz CT molecular complexity index is 1110. The first-order chi connectivity index (χ1) is 17.6. The molecule has 2 N–H and O–H groups in total. The molecule has 0 spiro atoms. The summed E-state index contributed by atoms with van der Waals surface area (Å²) in [4.78, 5) is 41.3. The van der Waals surface area contributed by atoms with E-state index in [1.807, 2.05) is 13.8 Å². The number of carbonyl (C=O) groups excluding carboxylic acids is 3. The van der Waals surface area contributed by atoms with E-state index in [2.05, 4.69) is 4.90 Å². The van der Waals surface area contributed by atoms with Crippen molar-refractivity contribution in [3.8, 4) is 5.75 Å². The van der Waals surface area contributed by atoms with Crippen molar-refractivity contribution in [3.63, 3.8) is 0 Å². The van der Waals surface area contributed by atoms with Gasteiger partial charge in [-0.2, -0.15) is 0 Å². The number of halogens is 2. The molecule has 1 fully saturated rings. The third-order valence-electron chi connectivity index (χ3n) is 6.36. The quantitative estimate of drug-likeness (QED) is 0.368.